The van der Waals surface area contributed by atoms with Gasteiger partial charge in [-0.3, -0.25) is 28.7 Å². The highest BCUT2D eigenvalue weighted by Crippen LogP contribution is 2.39. The van der Waals surface area contributed by atoms with E-state index in [1.165, 1.54) is 23.3 Å². The first kappa shape index (κ1) is 40.0. The highest BCUT2D eigenvalue weighted by atomic mass is 16.3. The van der Waals surface area contributed by atoms with Gasteiger partial charge in [-0.25, -0.2) is 4.98 Å². The van der Waals surface area contributed by atoms with Gasteiger partial charge in [0.2, 0.25) is 11.8 Å². The Hall–Kier alpha value is -3.40. The summed E-state index contributed by atoms with van der Waals surface area (Å²) in [5.41, 5.74) is 22.9. The molecule has 0 spiro atoms. The van der Waals surface area contributed by atoms with Crippen molar-refractivity contribution in [3.05, 3.63) is 48.3 Å². The van der Waals surface area contributed by atoms with Crippen LogP contribution in [0.5, 0.6) is 0 Å². The number of aliphatic hydroxyl groups is 2. The summed E-state index contributed by atoms with van der Waals surface area (Å²) in [7, 11) is 0. The van der Waals surface area contributed by atoms with Crippen LogP contribution in [0.3, 0.4) is 0 Å². The van der Waals surface area contributed by atoms with E-state index >= 15 is 0 Å². The predicted octanol–water partition coefficient (Wildman–Crippen LogP) is 0.778. The largest absolute Gasteiger partial charge is 0.389 e. The fraction of sp³-hybridized carbons (Fsp3) is 0.657. The molecule has 2 aromatic rings. The molecular formula is C35H56N8O6. The van der Waals surface area contributed by atoms with Crippen LogP contribution in [0.25, 0.3) is 0 Å². The Labute approximate surface area is 288 Å². The number of carbonyl (C=O) groups is 4. The van der Waals surface area contributed by atoms with E-state index in [4.69, 9.17) is 22.9 Å². The molecule has 0 aromatic carbocycles. The molecule has 14 heteroatoms. The van der Waals surface area contributed by atoms with Crippen molar-refractivity contribution >= 4 is 23.4 Å². The molecule has 1 aliphatic carbocycles. The second kappa shape index (κ2) is 18.0. The Balaban J connectivity index is 2.08. The lowest BCUT2D eigenvalue weighted by molar-refractivity contribution is -0.166. The first-order chi connectivity index (χ1) is 23.2. The van der Waals surface area contributed by atoms with Crippen LogP contribution in [-0.4, -0.2) is 85.0 Å². The normalized spacial score (nSPS) is 19.6. The number of Topliss-reactive ketones (excluding diaryl/α,β-unsaturated/α-hetero) is 2. The van der Waals surface area contributed by atoms with E-state index in [0.717, 1.165) is 32.1 Å². The molecule has 11 N–H and O–H groups in total. The van der Waals surface area contributed by atoms with Crippen molar-refractivity contribution in [2.75, 3.05) is 6.54 Å². The van der Waals surface area contributed by atoms with Crippen molar-refractivity contribution in [1.29, 1.82) is 0 Å². The number of nitrogens with one attached hydrogen (secondary N) is 1. The lowest BCUT2D eigenvalue weighted by atomic mass is 9.64. The molecule has 1 fully saturated rings. The van der Waals surface area contributed by atoms with E-state index in [9.17, 15) is 29.4 Å². The highest BCUT2D eigenvalue weighted by molar-refractivity contribution is 6.10. The van der Waals surface area contributed by atoms with Gasteiger partial charge in [-0.1, -0.05) is 72.3 Å². The molecule has 8 atom stereocenters. The van der Waals surface area contributed by atoms with Gasteiger partial charge >= 0.3 is 0 Å². The Morgan fingerprint density at radius 3 is 2.29 bits per heavy atom. The van der Waals surface area contributed by atoms with E-state index in [1.807, 2.05) is 13.8 Å². The van der Waals surface area contributed by atoms with Gasteiger partial charge in [0, 0.05) is 24.9 Å². The zero-order chi connectivity index (χ0) is 36.5. The Bertz CT molecular complexity index is 1400. The number of nitrogens with two attached hydrogens (primary N) is 4. The standard InChI is InChI=1S/C35H56N8O6/c1-5-21(4)28(39)31(46)29(26-13-9-10-14-40-26)42-34(49)35(20(2)3,33(48)30(45)24(37)15-22-11-7-6-8-12-22)32(47)25(38)16-23-18-43(19-41-23)27(44)17-36/h9-10,13-14,18-22,24-25,28-30,33,45,48H,5-8,11-12,15-17,36-39H2,1-4H3,(H,42,49)/t21-,24-,25-,28-,29?,30+,33-,35-/m0/s1. The van der Waals surface area contributed by atoms with Crippen LogP contribution in [0.1, 0.15) is 94.9 Å². The van der Waals surface area contributed by atoms with Crippen molar-refractivity contribution in [1.82, 2.24) is 19.9 Å². The third-order valence-corrected chi connectivity index (χ3v) is 10.2. The second-order valence-corrected chi connectivity index (χ2v) is 13.9. The van der Waals surface area contributed by atoms with Crippen molar-refractivity contribution in [3.63, 3.8) is 0 Å². The minimum atomic E-state index is -2.38. The maximum absolute atomic E-state index is 14.7. The number of hydrogen-bond acceptors (Lipinski definition) is 12. The molecule has 14 nitrogen and oxygen atoms in total. The molecule has 1 saturated carbocycles. The summed E-state index contributed by atoms with van der Waals surface area (Å²) >= 11 is 0. The monoisotopic (exact) mass is 684 g/mol. The predicted molar refractivity (Wildman–Crippen MR) is 185 cm³/mol. The number of pyridine rings is 1. The Morgan fingerprint density at radius 2 is 1.71 bits per heavy atom. The van der Waals surface area contributed by atoms with Gasteiger partial charge in [0.1, 0.15) is 23.9 Å². The number of amides is 1. The van der Waals surface area contributed by atoms with Crippen LogP contribution in [-0.2, 0) is 20.8 Å². The number of aliphatic hydroxyl groups excluding tert-OH is 2. The van der Waals surface area contributed by atoms with E-state index in [2.05, 4.69) is 15.3 Å². The molecule has 1 amide bonds. The minimum Gasteiger partial charge on any atom is -0.389 e. The van der Waals surface area contributed by atoms with E-state index in [1.54, 1.807) is 32.0 Å². The van der Waals surface area contributed by atoms with E-state index in [0.29, 0.717) is 12.8 Å². The van der Waals surface area contributed by atoms with Crippen LogP contribution in [0.2, 0.25) is 0 Å². The summed E-state index contributed by atoms with van der Waals surface area (Å²) in [5.74, 6) is -3.84. The zero-order valence-corrected chi connectivity index (χ0v) is 29.2. The number of hydrogen-bond donors (Lipinski definition) is 7. The molecule has 0 radical (unpaired) electrons. The number of imidazole rings is 1. The van der Waals surface area contributed by atoms with Crippen molar-refractivity contribution < 1.29 is 29.4 Å². The van der Waals surface area contributed by atoms with Gasteiger partial charge in [-0.05, 0) is 36.3 Å². The third-order valence-electron chi connectivity index (χ3n) is 10.2. The molecule has 1 unspecified atom stereocenters. The highest BCUT2D eigenvalue weighted by Gasteiger charge is 2.58. The maximum Gasteiger partial charge on any atom is 0.245 e. The molecule has 2 heterocycles. The maximum atomic E-state index is 14.7. The molecule has 272 valence electrons. The fourth-order valence-corrected chi connectivity index (χ4v) is 6.88. The van der Waals surface area contributed by atoms with Gasteiger partial charge < -0.3 is 38.5 Å². The average molecular weight is 685 g/mol. The van der Waals surface area contributed by atoms with Crippen molar-refractivity contribution in [2.24, 2.45) is 46.1 Å². The summed E-state index contributed by atoms with van der Waals surface area (Å²) in [5, 5.41) is 26.4. The van der Waals surface area contributed by atoms with Gasteiger partial charge in [0.25, 0.3) is 0 Å². The molecule has 2 aromatic heterocycles. The van der Waals surface area contributed by atoms with Crippen LogP contribution < -0.4 is 28.3 Å². The Morgan fingerprint density at radius 1 is 1.04 bits per heavy atom. The van der Waals surface area contributed by atoms with Crippen LogP contribution >= 0.6 is 0 Å². The van der Waals surface area contributed by atoms with Crippen molar-refractivity contribution in [2.45, 2.75) is 115 Å². The van der Waals surface area contributed by atoms with Gasteiger partial charge in [-0.2, -0.15) is 0 Å². The minimum absolute atomic E-state index is 0.188. The Kier molecular flexibility index (Phi) is 14.7. The SMILES string of the molecule is CC[C@H](C)[C@H](N)C(=O)C(NC(=O)[C@](C(=O)[C@@H](N)Cc1cn(C(=O)CN)cn1)(C(C)C)[C@@H](O)[C@H](O)[C@@H](N)CC1CCCCC1)c1ccccn1. The first-order valence-electron chi connectivity index (χ1n) is 17.4. The number of aromatic nitrogens is 3. The van der Waals surface area contributed by atoms with Crippen LogP contribution in [0, 0.1) is 23.2 Å². The fourth-order valence-electron chi connectivity index (χ4n) is 6.88. The average Bonchev–Trinajstić information content (AvgIpc) is 3.57. The molecule has 0 aliphatic heterocycles. The first-order valence-corrected chi connectivity index (χ1v) is 17.4. The molecule has 49 heavy (non-hydrogen) atoms. The summed E-state index contributed by atoms with van der Waals surface area (Å²) in [6.45, 7) is 6.56. The van der Waals surface area contributed by atoms with Gasteiger partial charge in [0.05, 0.1) is 36.1 Å². The number of rotatable bonds is 18. The third kappa shape index (κ3) is 9.24. The van der Waals surface area contributed by atoms with E-state index < -0.39 is 71.1 Å². The molecule has 1 aliphatic rings. The smallest absolute Gasteiger partial charge is 0.245 e. The summed E-state index contributed by atoms with van der Waals surface area (Å²) < 4.78 is 1.17. The van der Waals surface area contributed by atoms with Gasteiger partial charge in [-0.15, -0.1) is 0 Å². The molecular weight excluding hydrogens is 628 g/mol. The second-order valence-electron chi connectivity index (χ2n) is 13.9. The summed E-state index contributed by atoms with van der Waals surface area (Å²) in [6, 6.07) is 0.121. The molecule has 0 saturated heterocycles. The van der Waals surface area contributed by atoms with Gasteiger partial charge in [0.15, 0.2) is 11.6 Å². The van der Waals surface area contributed by atoms with E-state index in [-0.39, 0.29) is 36.2 Å². The lowest BCUT2D eigenvalue weighted by Gasteiger charge is -2.44. The zero-order valence-electron chi connectivity index (χ0n) is 29.2. The lowest BCUT2D eigenvalue weighted by Crippen LogP contribution is -2.66. The van der Waals surface area contributed by atoms with Crippen molar-refractivity contribution in [3.8, 4) is 0 Å². The quantitative estimate of drug-likeness (QED) is 0.108. The summed E-state index contributed by atoms with van der Waals surface area (Å²) in [6.07, 6.45) is 6.22. The number of carbonyl (C=O) groups excluding carboxylic acids is 4. The molecule has 0 bridgehead atoms. The molecule has 3 rings (SSSR count). The number of nitrogens with zero attached hydrogens (tertiary/aromatic N) is 3. The summed E-state index contributed by atoms with van der Waals surface area (Å²) in [4.78, 5) is 63.8. The van der Waals surface area contributed by atoms with Crippen LogP contribution in [0.15, 0.2) is 36.9 Å². The van der Waals surface area contributed by atoms with Crippen LogP contribution in [0.4, 0.5) is 0 Å². The number of ketones is 2. The topological polar surface area (TPSA) is 256 Å².